The van der Waals surface area contributed by atoms with Crippen LogP contribution in [0.1, 0.15) is 41.5 Å². The highest BCUT2D eigenvalue weighted by Crippen LogP contribution is 2.24. The minimum Gasteiger partial charge on any atom is -0.460 e. The van der Waals surface area contributed by atoms with E-state index in [2.05, 4.69) is 20.8 Å². The zero-order valence-corrected chi connectivity index (χ0v) is 9.47. The molecule has 76 valence electrons. The van der Waals surface area contributed by atoms with Crippen LogP contribution in [0.25, 0.3) is 0 Å². The van der Waals surface area contributed by atoms with E-state index in [-0.39, 0.29) is 17.5 Å². The van der Waals surface area contributed by atoms with Crippen molar-refractivity contribution < 1.29 is 9.53 Å². The largest absolute Gasteiger partial charge is 0.460 e. The van der Waals surface area contributed by atoms with E-state index < -0.39 is 0 Å². The van der Waals surface area contributed by atoms with Crippen molar-refractivity contribution in [2.75, 3.05) is 0 Å². The lowest BCUT2D eigenvalue weighted by Crippen LogP contribution is -2.13. The van der Waals surface area contributed by atoms with Gasteiger partial charge in [0.2, 0.25) is 0 Å². The van der Waals surface area contributed by atoms with E-state index in [1.807, 2.05) is 20.8 Å². The minimum atomic E-state index is -0.248. The molecule has 0 spiro atoms. The predicted octanol–water partition coefficient (Wildman–Crippen LogP) is 2.93. The maximum Gasteiger partial charge on any atom is 0.330 e. The van der Waals surface area contributed by atoms with Crippen molar-refractivity contribution in [3.05, 3.63) is 11.6 Å². The molecule has 0 N–H and O–H groups in total. The van der Waals surface area contributed by atoms with E-state index in [0.29, 0.717) is 0 Å². The number of hydrogen-bond donors (Lipinski definition) is 0. The molecule has 0 aliphatic rings. The first-order valence-corrected chi connectivity index (χ1v) is 4.63. The van der Waals surface area contributed by atoms with Gasteiger partial charge in [0.05, 0.1) is 6.10 Å². The van der Waals surface area contributed by atoms with Gasteiger partial charge in [0.15, 0.2) is 0 Å². The first-order valence-electron chi connectivity index (χ1n) is 4.63. The molecule has 0 atom stereocenters. The van der Waals surface area contributed by atoms with E-state index in [0.717, 1.165) is 5.57 Å². The predicted molar refractivity (Wildman–Crippen MR) is 54.4 cm³/mol. The van der Waals surface area contributed by atoms with Crippen LogP contribution in [0.5, 0.6) is 0 Å². The molecule has 0 radical (unpaired) electrons. The van der Waals surface area contributed by atoms with Gasteiger partial charge in [-0.05, 0) is 26.2 Å². The molecule has 0 aliphatic heterocycles. The van der Waals surface area contributed by atoms with Gasteiger partial charge in [-0.25, -0.2) is 4.79 Å². The zero-order valence-electron chi connectivity index (χ0n) is 9.47. The molecule has 0 saturated carbocycles. The molecule has 0 aromatic carbocycles. The number of carbonyl (C=O) groups excluding carboxylic acids is 1. The molecule has 2 nitrogen and oxygen atoms in total. The second-order valence-electron chi connectivity index (χ2n) is 4.56. The molecule has 0 aliphatic carbocycles. The fourth-order valence-corrected chi connectivity index (χ4v) is 0.660. The van der Waals surface area contributed by atoms with Crippen LogP contribution in [0, 0.1) is 5.41 Å². The summed E-state index contributed by atoms with van der Waals surface area (Å²) in [6.45, 7) is 11.8. The third kappa shape index (κ3) is 5.45. The fraction of sp³-hybridized carbons (Fsp3) is 0.727. The van der Waals surface area contributed by atoms with Crippen molar-refractivity contribution in [3.63, 3.8) is 0 Å². The molecule has 2 heteroatoms. The molecule has 0 rings (SSSR count). The summed E-state index contributed by atoms with van der Waals surface area (Å²) in [6.07, 6.45) is 1.52. The second-order valence-corrected chi connectivity index (χ2v) is 4.56. The molecule has 0 unspecified atom stereocenters. The third-order valence-electron chi connectivity index (χ3n) is 1.87. The van der Waals surface area contributed by atoms with Crippen LogP contribution in [0.15, 0.2) is 11.6 Å². The summed E-state index contributed by atoms with van der Waals surface area (Å²) in [5.74, 6) is -0.248. The minimum absolute atomic E-state index is 0.0377. The smallest absolute Gasteiger partial charge is 0.330 e. The lowest BCUT2D eigenvalue weighted by molar-refractivity contribution is -0.141. The maximum atomic E-state index is 11.2. The number of ether oxygens (including phenoxy) is 1. The summed E-state index contributed by atoms with van der Waals surface area (Å²) >= 11 is 0. The summed E-state index contributed by atoms with van der Waals surface area (Å²) in [7, 11) is 0. The van der Waals surface area contributed by atoms with Crippen molar-refractivity contribution in [1.82, 2.24) is 0 Å². The number of carbonyl (C=O) groups is 1. The molecule has 0 amide bonds. The van der Waals surface area contributed by atoms with E-state index in [9.17, 15) is 4.79 Å². The van der Waals surface area contributed by atoms with Crippen LogP contribution in [0.2, 0.25) is 0 Å². The van der Waals surface area contributed by atoms with Gasteiger partial charge < -0.3 is 4.74 Å². The molecule has 0 heterocycles. The van der Waals surface area contributed by atoms with Crippen molar-refractivity contribution in [3.8, 4) is 0 Å². The SMILES string of the molecule is C/C(=C\C(=O)OC(C)C)C(C)(C)C. The highest BCUT2D eigenvalue weighted by Gasteiger charge is 2.14. The van der Waals surface area contributed by atoms with Gasteiger partial charge >= 0.3 is 5.97 Å². The van der Waals surface area contributed by atoms with E-state index in [1.165, 1.54) is 0 Å². The van der Waals surface area contributed by atoms with Crippen LogP contribution < -0.4 is 0 Å². The zero-order chi connectivity index (χ0) is 10.6. The summed E-state index contributed by atoms with van der Waals surface area (Å²) in [4.78, 5) is 11.2. The summed E-state index contributed by atoms with van der Waals surface area (Å²) in [5, 5.41) is 0. The number of hydrogen-bond acceptors (Lipinski definition) is 2. The van der Waals surface area contributed by atoms with Crippen LogP contribution in [-0.2, 0) is 9.53 Å². The fourth-order valence-electron chi connectivity index (χ4n) is 0.660. The molecule has 13 heavy (non-hydrogen) atoms. The van der Waals surface area contributed by atoms with Crippen LogP contribution in [0.4, 0.5) is 0 Å². The van der Waals surface area contributed by atoms with Gasteiger partial charge in [0.1, 0.15) is 0 Å². The Morgan fingerprint density at radius 3 is 2.08 bits per heavy atom. The van der Waals surface area contributed by atoms with Crippen molar-refractivity contribution in [2.45, 2.75) is 47.6 Å². The second kappa shape index (κ2) is 4.45. The number of esters is 1. The molecular formula is C11H20O2. The maximum absolute atomic E-state index is 11.2. The van der Waals surface area contributed by atoms with Crippen molar-refractivity contribution in [1.29, 1.82) is 0 Å². The first-order chi connectivity index (χ1) is 5.73. The van der Waals surface area contributed by atoms with E-state index in [1.54, 1.807) is 6.08 Å². The Bertz CT molecular complexity index is 207. The average molecular weight is 184 g/mol. The lowest BCUT2D eigenvalue weighted by atomic mass is 9.87. The molecule has 0 aromatic heterocycles. The Morgan fingerprint density at radius 2 is 1.77 bits per heavy atom. The van der Waals surface area contributed by atoms with Crippen molar-refractivity contribution >= 4 is 5.97 Å². The van der Waals surface area contributed by atoms with Crippen LogP contribution >= 0.6 is 0 Å². The van der Waals surface area contributed by atoms with E-state index >= 15 is 0 Å². The monoisotopic (exact) mass is 184 g/mol. The van der Waals surface area contributed by atoms with Crippen LogP contribution in [0.3, 0.4) is 0 Å². The number of rotatable bonds is 2. The molecule has 0 fully saturated rings. The van der Waals surface area contributed by atoms with Crippen molar-refractivity contribution in [2.24, 2.45) is 5.41 Å². The van der Waals surface area contributed by atoms with Gasteiger partial charge in [-0.15, -0.1) is 0 Å². The Balaban J connectivity index is 4.32. The molecule has 0 bridgehead atoms. The Hall–Kier alpha value is -0.790. The van der Waals surface area contributed by atoms with Crippen LogP contribution in [-0.4, -0.2) is 12.1 Å². The standard InChI is InChI=1S/C11H20O2/c1-8(2)13-10(12)7-9(3)11(4,5)6/h7-8H,1-6H3/b9-7+. The topological polar surface area (TPSA) is 26.3 Å². The summed E-state index contributed by atoms with van der Waals surface area (Å²) < 4.78 is 5.00. The highest BCUT2D eigenvalue weighted by atomic mass is 16.5. The molecular weight excluding hydrogens is 164 g/mol. The quantitative estimate of drug-likeness (QED) is 0.487. The normalized spacial score (nSPS) is 13.3. The first kappa shape index (κ1) is 12.2. The average Bonchev–Trinajstić information content (AvgIpc) is 1.82. The summed E-state index contributed by atoms with van der Waals surface area (Å²) in [5.41, 5.74) is 1.08. The lowest BCUT2D eigenvalue weighted by Gasteiger charge is -2.19. The highest BCUT2D eigenvalue weighted by molar-refractivity contribution is 5.83. The third-order valence-corrected chi connectivity index (χ3v) is 1.87. The van der Waals surface area contributed by atoms with E-state index in [4.69, 9.17) is 4.74 Å². The summed E-state index contributed by atoms with van der Waals surface area (Å²) in [6, 6.07) is 0. The molecule has 0 aromatic rings. The Labute approximate surface area is 81.0 Å². The van der Waals surface area contributed by atoms with Gasteiger partial charge in [-0.3, -0.25) is 0 Å². The van der Waals surface area contributed by atoms with Gasteiger partial charge in [-0.2, -0.15) is 0 Å². The Kier molecular flexibility index (Phi) is 4.18. The number of allylic oxidation sites excluding steroid dienone is 1. The Morgan fingerprint density at radius 1 is 1.31 bits per heavy atom. The van der Waals surface area contributed by atoms with Gasteiger partial charge in [0, 0.05) is 6.08 Å². The van der Waals surface area contributed by atoms with Gasteiger partial charge in [0.25, 0.3) is 0 Å². The molecule has 0 saturated heterocycles. The van der Waals surface area contributed by atoms with Gasteiger partial charge in [-0.1, -0.05) is 26.3 Å².